The molecule has 1 saturated heterocycles. The first-order chi connectivity index (χ1) is 8.84. The second-order valence-electron chi connectivity index (χ2n) is 6.48. The minimum absolute atomic E-state index is 0.101. The smallest absolute Gasteiger partial charge is 0.240 e. The maximum Gasteiger partial charge on any atom is 0.240 e. The van der Waals surface area contributed by atoms with E-state index in [2.05, 4.69) is 25.8 Å². The van der Waals surface area contributed by atoms with Crippen LogP contribution in [0.2, 0.25) is 0 Å². The number of nitrogens with two attached hydrogens (primary N) is 1. The third-order valence-corrected chi connectivity index (χ3v) is 4.24. The van der Waals surface area contributed by atoms with Crippen molar-refractivity contribution in [1.29, 1.82) is 0 Å². The molecule has 0 aromatic rings. The Morgan fingerprint density at radius 3 is 2.42 bits per heavy atom. The van der Waals surface area contributed by atoms with E-state index in [9.17, 15) is 4.79 Å². The number of likely N-dealkylation sites (N-methyl/N-ethyl adjacent to an activating group) is 1. The highest BCUT2D eigenvalue weighted by molar-refractivity contribution is 5.82. The fourth-order valence-corrected chi connectivity index (χ4v) is 2.63. The molecule has 0 spiro atoms. The summed E-state index contributed by atoms with van der Waals surface area (Å²) in [5.41, 5.74) is 6.03. The number of carbonyl (C=O) groups is 1. The Bertz CT molecular complexity index is 291. The van der Waals surface area contributed by atoms with Gasteiger partial charge in [0.2, 0.25) is 5.91 Å². The SMILES string of the molecule is CC(C)[C@H](N)C(=O)N(CC1CCCCN1C)C(C)C. The largest absolute Gasteiger partial charge is 0.337 e. The molecule has 0 bridgehead atoms. The van der Waals surface area contributed by atoms with Crippen LogP contribution in [0.15, 0.2) is 0 Å². The molecule has 1 heterocycles. The van der Waals surface area contributed by atoms with E-state index in [1.165, 1.54) is 19.3 Å². The van der Waals surface area contributed by atoms with Crippen molar-refractivity contribution in [3.63, 3.8) is 0 Å². The normalized spacial score (nSPS) is 22.8. The van der Waals surface area contributed by atoms with E-state index in [4.69, 9.17) is 5.73 Å². The van der Waals surface area contributed by atoms with Crippen LogP contribution in [0.3, 0.4) is 0 Å². The van der Waals surface area contributed by atoms with Crippen LogP contribution in [0.5, 0.6) is 0 Å². The number of carbonyl (C=O) groups excluding carboxylic acids is 1. The van der Waals surface area contributed by atoms with Crippen molar-refractivity contribution in [2.45, 2.75) is 65.1 Å². The highest BCUT2D eigenvalue weighted by Crippen LogP contribution is 2.18. The van der Waals surface area contributed by atoms with Crippen LogP contribution in [0.4, 0.5) is 0 Å². The zero-order chi connectivity index (χ0) is 14.6. The van der Waals surface area contributed by atoms with Crippen LogP contribution in [0.25, 0.3) is 0 Å². The fraction of sp³-hybridized carbons (Fsp3) is 0.933. The molecule has 1 rings (SSSR count). The number of nitrogens with zero attached hydrogens (tertiary/aromatic N) is 2. The Balaban J connectivity index is 2.69. The summed E-state index contributed by atoms with van der Waals surface area (Å²) in [4.78, 5) is 16.8. The van der Waals surface area contributed by atoms with Gasteiger partial charge in [0.05, 0.1) is 6.04 Å². The van der Waals surface area contributed by atoms with Gasteiger partial charge in [-0.05, 0) is 46.2 Å². The zero-order valence-electron chi connectivity index (χ0n) is 13.2. The third kappa shape index (κ3) is 4.46. The number of piperidine rings is 1. The lowest BCUT2D eigenvalue weighted by Gasteiger charge is -2.39. The molecule has 1 amide bonds. The molecule has 2 atom stereocenters. The Morgan fingerprint density at radius 1 is 1.32 bits per heavy atom. The summed E-state index contributed by atoms with van der Waals surface area (Å²) in [5, 5.41) is 0. The van der Waals surface area contributed by atoms with Crippen molar-refractivity contribution in [2.75, 3.05) is 20.1 Å². The summed E-state index contributed by atoms with van der Waals surface area (Å²) >= 11 is 0. The van der Waals surface area contributed by atoms with E-state index < -0.39 is 0 Å². The van der Waals surface area contributed by atoms with Gasteiger partial charge in [-0.15, -0.1) is 0 Å². The number of amides is 1. The molecule has 0 saturated carbocycles. The molecule has 112 valence electrons. The van der Waals surface area contributed by atoms with Crippen LogP contribution in [-0.2, 0) is 4.79 Å². The molecule has 2 N–H and O–H groups in total. The predicted molar refractivity (Wildman–Crippen MR) is 79.9 cm³/mol. The summed E-state index contributed by atoms with van der Waals surface area (Å²) in [5.74, 6) is 0.293. The van der Waals surface area contributed by atoms with Gasteiger partial charge in [-0.2, -0.15) is 0 Å². The number of hydrogen-bond acceptors (Lipinski definition) is 3. The average Bonchev–Trinajstić information content (AvgIpc) is 2.35. The monoisotopic (exact) mass is 269 g/mol. The van der Waals surface area contributed by atoms with Crippen molar-refractivity contribution in [3.8, 4) is 0 Å². The van der Waals surface area contributed by atoms with E-state index in [1.807, 2.05) is 18.7 Å². The lowest BCUT2D eigenvalue weighted by molar-refractivity contribution is -0.136. The molecular weight excluding hydrogens is 238 g/mol. The molecule has 1 aliphatic rings. The molecule has 1 fully saturated rings. The van der Waals surface area contributed by atoms with Crippen molar-refractivity contribution in [2.24, 2.45) is 11.7 Å². The van der Waals surface area contributed by atoms with Crippen LogP contribution >= 0.6 is 0 Å². The third-order valence-electron chi connectivity index (χ3n) is 4.24. The second kappa shape index (κ2) is 7.25. The zero-order valence-corrected chi connectivity index (χ0v) is 13.2. The van der Waals surface area contributed by atoms with E-state index in [0.717, 1.165) is 13.1 Å². The molecule has 1 aliphatic heterocycles. The molecule has 1 unspecified atom stereocenters. The quantitative estimate of drug-likeness (QED) is 0.826. The summed E-state index contributed by atoms with van der Waals surface area (Å²) in [6.45, 7) is 10.1. The van der Waals surface area contributed by atoms with E-state index >= 15 is 0 Å². The maximum atomic E-state index is 12.5. The molecule has 0 aromatic heterocycles. The highest BCUT2D eigenvalue weighted by Gasteiger charge is 2.29. The predicted octanol–water partition coefficient (Wildman–Crippen LogP) is 1.69. The van der Waals surface area contributed by atoms with Gasteiger partial charge in [-0.3, -0.25) is 4.79 Å². The lowest BCUT2D eigenvalue weighted by Crippen LogP contribution is -2.54. The van der Waals surface area contributed by atoms with E-state index in [0.29, 0.717) is 6.04 Å². The standard InChI is InChI=1S/C15H31N3O/c1-11(2)14(16)15(19)18(12(3)4)10-13-8-6-7-9-17(13)5/h11-14H,6-10,16H2,1-5H3/t13?,14-/m0/s1. The Kier molecular flexibility index (Phi) is 6.27. The lowest BCUT2D eigenvalue weighted by atomic mass is 9.99. The topological polar surface area (TPSA) is 49.6 Å². The van der Waals surface area contributed by atoms with Gasteiger partial charge >= 0.3 is 0 Å². The molecule has 4 nitrogen and oxygen atoms in total. The number of rotatable bonds is 5. The minimum atomic E-state index is -0.378. The van der Waals surface area contributed by atoms with Gasteiger partial charge in [0.25, 0.3) is 0 Å². The molecular formula is C15H31N3O. The summed E-state index contributed by atoms with van der Waals surface area (Å²) in [6.07, 6.45) is 3.73. The first-order valence-electron chi connectivity index (χ1n) is 7.61. The highest BCUT2D eigenvalue weighted by atomic mass is 16.2. The van der Waals surface area contributed by atoms with Crippen molar-refractivity contribution < 1.29 is 4.79 Å². The van der Waals surface area contributed by atoms with Crippen LogP contribution in [0, 0.1) is 5.92 Å². The van der Waals surface area contributed by atoms with Gasteiger partial charge in [-0.1, -0.05) is 20.3 Å². The van der Waals surface area contributed by atoms with Gasteiger partial charge < -0.3 is 15.5 Å². The van der Waals surface area contributed by atoms with Crippen molar-refractivity contribution >= 4 is 5.91 Å². The Morgan fingerprint density at radius 2 is 1.95 bits per heavy atom. The number of likely N-dealkylation sites (tertiary alicyclic amines) is 1. The minimum Gasteiger partial charge on any atom is -0.337 e. The van der Waals surface area contributed by atoms with Crippen LogP contribution < -0.4 is 5.73 Å². The Hall–Kier alpha value is -0.610. The molecule has 19 heavy (non-hydrogen) atoms. The van der Waals surface area contributed by atoms with E-state index in [1.54, 1.807) is 0 Å². The number of hydrogen-bond donors (Lipinski definition) is 1. The average molecular weight is 269 g/mol. The van der Waals surface area contributed by atoms with Gasteiger partial charge in [-0.25, -0.2) is 0 Å². The second-order valence-corrected chi connectivity index (χ2v) is 6.48. The first kappa shape index (κ1) is 16.4. The fourth-order valence-electron chi connectivity index (χ4n) is 2.63. The van der Waals surface area contributed by atoms with Crippen molar-refractivity contribution in [3.05, 3.63) is 0 Å². The van der Waals surface area contributed by atoms with Crippen LogP contribution in [-0.4, -0.2) is 54.0 Å². The van der Waals surface area contributed by atoms with Crippen molar-refractivity contribution in [1.82, 2.24) is 9.80 Å². The molecule has 4 heteroatoms. The molecule has 0 aromatic carbocycles. The summed E-state index contributed by atoms with van der Waals surface area (Å²) in [6, 6.07) is 0.323. The van der Waals surface area contributed by atoms with Crippen LogP contribution in [0.1, 0.15) is 47.0 Å². The first-order valence-corrected chi connectivity index (χ1v) is 7.61. The molecule has 0 aliphatic carbocycles. The van der Waals surface area contributed by atoms with Gasteiger partial charge in [0, 0.05) is 18.6 Å². The van der Waals surface area contributed by atoms with E-state index in [-0.39, 0.29) is 23.9 Å². The Labute approximate surface area is 118 Å². The van der Waals surface area contributed by atoms with Gasteiger partial charge in [0.15, 0.2) is 0 Å². The summed E-state index contributed by atoms with van der Waals surface area (Å²) < 4.78 is 0. The summed E-state index contributed by atoms with van der Waals surface area (Å²) in [7, 11) is 2.16. The maximum absolute atomic E-state index is 12.5. The molecule has 0 radical (unpaired) electrons. The van der Waals surface area contributed by atoms with Gasteiger partial charge in [0.1, 0.15) is 0 Å².